The first-order valence-electron chi connectivity index (χ1n) is 4.85. The molecule has 0 amide bonds. The van der Waals surface area contributed by atoms with Gasteiger partial charge in [0.15, 0.2) is 0 Å². The lowest BCUT2D eigenvalue weighted by Crippen LogP contribution is -2.02. The number of hydrogen-bond acceptors (Lipinski definition) is 3. The van der Waals surface area contributed by atoms with Gasteiger partial charge in [-0.05, 0) is 50.1 Å². The largest absolute Gasteiger partial charge is 0.496 e. The standard InChI is InChI=1S/C12H7Br2ClO2S/c1-17-9-4-6(15)2-3-7(9)11(16)12-10(14)8(13)5-18-12/h2-5H,1H3. The molecule has 0 saturated carbocycles. The van der Waals surface area contributed by atoms with Crippen LogP contribution in [0.5, 0.6) is 5.75 Å². The summed E-state index contributed by atoms with van der Waals surface area (Å²) in [6.07, 6.45) is 0. The Labute approximate surface area is 130 Å². The molecule has 0 aliphatic rings. The Balaban J connectivity index is 2.49. The quantitative estimate of drug-likeness (QED) is 0.653. The van der Waals surface area contributed by atoms with Crippen molar-refractivity contribution >= 4 is 60.6 Å². The van der Waals surface area contributed by atoms with Crippen LogP contribution in [0, 0.1) is 0 Å². The summed E-state index contributed by atoms with van der Waals surface area (Å²) in [5, 5.41) is 2.40. The van der Waals surface area contributed by atoms with Gasteiger partial charge in [0.25, 0.3) is 0 Å². The number of thiophene rings is 1. The van der Waals surface area contributed by atoms with Crippen LogP contribution in [-0.4, -0.2) is 12.9 Å². The fourth-order valence-corrected chi connectivity index (χ4v) is 3.72. The lowest BCUT2D eigenvalue weighted by Gasteiger charge is -2.07. The topological polar surface area (TPSA) is 26.3 Å². The molecule has 2 aromatic rings. The second-order valence-electron chi connectivity index (χ2n) is 3.40. The lowest BCUT2D eigenvalue weighted by molar-refractivity contribution is 0.103. The van der Waals surface area contributed by atoms with Gasteiger partial charge in [0, 0.05) is 14.9 Å². The first kappa shape index (κ1) is 14.1. The third-order valence-corrected chi connectivity index (χ3v) is 6.06. The average Bonchev–Trinajstić information content (AvgIpc) is 2.69. The molecule has 0 aliphatic heterocycles. The predicted octanol–water partition coefficient (Wildman–Crippen LogP) is 5.17. The zero-order valence-electron chi connectivity index (χ0n) is 9.17. The number of methoxy groups -OCH3 is 1. The van der Waals surface area contributed by atoms with E-state index in [9.17, 15) is 4.79 Å². The highest BCUT2D eigenvalue weighted by molar-refractivity contribution is 9.13. The molecule has 0 bridgehead atoms. The normalized spacial score (nSPS) is 10.4. The Morgan fingerprint density at radius 2 is 2.11 bits per heavy atom. The SMILES string of the molecule is COc1cc(Cl)ccc1C(=O)c1scc(Br)c1Br. The van der Waals surface area contributed by atoms with Crippen molar-refractivity contribution < 1.29 is 9.53 Å². The molecule has 0 unspecified atom stereocenters. The summed E-state index contributed by atoms with van der Waals surface area (Å²) < 4.78 is 6.81. The number of carbonyl (C=O) groups excluding carboxylic acids is 1. The van der Waals surface area contributed by atoms with E-state index >= 15 is 0 Å². The molecule has 0 saturated heterocycles. The highest BCUT2D eigenvalue weighted by atomic mass is 79.9. The van der Waals surface area contributed by atoms with E-state index in [-0.39, 0.29) is 5.78 Å². The number of ether oxygens (including phenoxy) is 1. The van der Waals surface area contributed by atoms with Crippen LogP contribution in [0.15, 0.2) is 32.5 Å². The summed E-state index contributed by atoms with van der Waals surface area (Å²) >= 11 is 14.0. The maximum Gasteiger partial charge on any atom is 0.207 e. The number of rotatable bonds is 3. The van der Waals surface area contributed by atoms with Gasteiger partial charge in [-0.3, -0.25) is 4.79 Å². The van der Waals surface area contributed by atoms with Crippen molar-refractivity contribution in [2.75, 3.05) is 7.11 Å². The van der Waals surface area contributed by atoms with E-state index in [0.29, 0.717) is 21.2 Å². The van der Waals surface area contributed by atoms with Crippen LogP contribution in [0.25, 0.3) is 0 Å². The summed E-state index contributed by atoms with van der Waals surface area (Å²) in [5.41, 5.74) is 0.497. The fraction of sp³-hybridized carbons (Fsp3) is 0.0833. The Hall–Kier alpha value is -0.360. The zero-order chi connectivity index (χ0) is 13.3. The van der Waals surface area contributed by atoms with Crippen LogP contribution in [0.3, 0.4) is 0 Å². The van der Waals surface area contributed by atoms with E-state index in [1.54, 1.807) is 18.2 Å². The molecule has 0 spiro atoms. The molecule has 94 valence electrons. The molecule has 0 radical (unpaired) electrons. The summed E-state index contributed by atoms with van der Waals surface area (Å²) in [6, 6.07) is 4.97. The number of ketones is 1. The molecule has 6 heteroatoms. The fourth-order valence-electron chi connectivity index (χ4n) is 1.45. The minimum atomic E-state index is -0.0916. The maximum atomic E-state index is 12.4. The van der Waals surface area contributed by atoms with Gasteiger partial charge in [-0.2, -0.15) is 0 Å². The first-order chi connectivity index (χ1) is 8.54. The van der Waals surface area contributed by atoms with Gasteiger partial charge >= 0.3 is 0 Å². The van der Waals surface area contributed by atoms with E-state index in [4.69, 9.17) is 16.3 Å². The van der Waals surface area contributed by atoms with Crippen LogP contribution in [0.1, 0.15) is 15.2 Å². The first-order valence-corrected chi connectivity index (χ1v) is 7.69. The van der Waals surface area contributed by atoms with Crippen LogP contribution >= 0.6 is 54.8 Å². The van der Waals surface area contributed by atoms with Gasteiger partial charge in [0.05, 0.1) is 22.0 Å². The summed E-state index contributed by atoms with van der Waals surface area (Å²) in [6.45, 7) is 0. The van der Waals surface area contributed by atoms with Crippen LogP contribution in [-0.2, 0) is 0 Å². The summed E-state index contributed by atoms with van der Waals surface area (Å²) in [5.74, 6) is 0.384. The number of carbonyl (C=O) groups is 1. The Morgan fingerprint density at radius 1 is 1.39 bits per heavy atom. The maximum absolute atomic E-state index is 12.4. The molecule has 0 fully saturated rings. The van der Waals surface area contributed by atoms with Gasteiger partial charge in [-0.15, -0.1) is 11.3 Å². The molecule has 0 atom stereocenters. The van der Waals surface area contributed by atoms with Crippen LogP contribution in [0.2, 0.25) is 5.02 Å². The molecule has 0 N–H and O–H groups in total. The minimum Gasteiger partial charge on any atom is -0.496 e. The predicted molar refractivity (Wildman–Crippen MR) is 81.2 cm³/mol. The highest BCUT2D eigenvalue weighted by Gasteiger charge is 2.20. The zero-order valence-corrected chi connectivity index (χ0v) is 13.9. The van der Waals surface area contributed by atoms with Crippen molar-refractivity contribution in [1.29, 1.82) is 0 Å². The smallest absolute Gasteiger partial charge is 0.207 e. The highest BCUT2D eigenvalue weighted by Crippen LogP contribution is 2.35. The molecule has 18 heavy (non-hydrogen) atoms. The Morgan fingerprint density at radius 3 is 2.67 bits per heavy atom. The summed E-state index contributed by atoms with van der Waals surface area (Å²) in [4.78, 5) is 13.0. The molecule has 2 nitrogen and oxygen atoms in total. The Kier molecular flexibility index (Phi) is 4.48. The van der Waals surface area contributed by atoms with Crippen molar-refractivity contribution in [3.63, 3.8) is 0 Å². The van der Waals surface area contributed by atoms with Gasteiger partial charge < -0.3 is 4.74 Å². The van der Waals surface area contributed by atoms with Gasteiger partial charge in [-0.1, -0.05) is 11.6 Å². The molecule has 0 aliphatic carbocycles. The number of halogens is 3. The molecular weight excluding hydrogens is 403 g/mol. The number of hydrogen-bond donors (Lipinski definition) is 0. The Bertz CT molecular complexity index is 610. The van der Waals surface area contributed by atoms with Crippen molar-refractivity contribution in [3.8, 4) is 5.75 Å². The van der Waals surface area contributed by atoms with E-state index < -0.39 is 0 Å². The second-order valence-corrected chi connectivity index (χ2v) is 6.36. The molecule has 1 aromatic carbocycles. The summed E-state index contributed by atoms with van der Waals surface area (Å²) in [7, 11) is 1.52. The van der Waals surface area contributed by atoms with E-state index in [1.165, 1.54) is 18.4 Å². The van der Waals surface area contributed by atoms with Crippen molar-refractivity contribution in [1.82, 2.24) is 0 Å². The molecule has 1 heterocycles. The third-order valence-electron chi connectivity index (χ3n) is 2.30. The van der Waals surface area contributed by atoms with Gasteiger partial charge in [0.2, 0.25) is 5.78 Å². The second kappa shape index (κ2) is 5.74. The lowest BCUT2D eigenvalue weighted by atomic mass is 10.1. The van der Waals surface area contributed by atoms with E-state index in [0.717, 1.165) is 8.95 Å². The average molecular weight is 411 g/mol. The van der Waals surface area contributed by atoms with Gasteiger partial charge in [0.1, 0.15) is 5.75 Å². The van der Waals surface area contributed by atoms with E-state index in [2.05, 4.69) is 31.9 Å². The monoisotopic (exact) mass is 408 g/mol. The molecular formula is C12H7Br2ClO2S. The van der Waals surface area contributed by atoms with Crippen LogP contribution in [0.4, 0.5) is 0 Å². The van der Waals surface area contributed by atoms with Crippen molar-refractivity contribution in [3.05, 3.63) is 48.0 Å². The van der Waals surface area contributed by atoms with Crippen LogP contribution < -0.4 is 4.74 Å². The number of benzene rings is 1. The van der Waals surface area contributed by atoms with Crippen molar-refractivity contribution in [2.24, 2.45) is 0 Å². The minimum absolute atomic E-state index is 0.0916. The molecule has 1 aromatic heterocycles. The third kappa shape index (κ3) is 2.64. The van der Waals surface area contributed by atoms with Crippen molar-refractivity contribution in [2.45, 2.75) is 0 Å². The van der Waals surface area contributed by atoms with E-state index in [1.807, 2.05) is 5.38 Å². The molecule has 2 rings (SSSR count). The van der Waals surface area contributed by atoms with Gasteiger partial charge in [-0.25, -0.2) is 0 Å².